The molecule has 1 N–H and O–H groups in total. The molecule has 3 nitrogen and oxygen atoms in total. The third-order valence-corrected chi connectivity index (χ3v) is 3.52. The summed E-state index contributed by atoms with van der Waals surface area (Å²) in [5, 5.41) is 9.27. The summed E-state index contributed by atoms with van der Waals surface area (Å²) < 4.78 is 0. The van der Waals surface area contributed by atoms with Gasteiger partial charge < -0.3 is 10.0 Å². The number of aliphatic hydroxyl groups is 1. The second kappa shape index (κ2) is 7.37. The van der Waals surface area contributed by atoms with Gasteiger partial charge in [0.05, 0.1) is 6.61 Å². The molecule has 102 valence electrons. The maximum Gasteiger partial charge on any atom is 0.129 e. The van der Waals surface area contributed by atoms with Crippen molar-refractivity contribution in [3.05, 3.63) is 23.4 Å². The molecule has 0 aliphatic rings. The zero-order valence-corrected chi connectivity index (χ0v) is 12.1. The van der Waals surface area contributed by atoms with Crippen molar-refractivity contribution >= 4 is 5.82 Å². The largest absolute Gasteiger partial charge is 0.392 e. The first-order valence-electron chi connectivity index (χ1n) is 6.97. The van der Waals surface area contributed by atoms with Crippen molar-refractivity contribution in [3.63, 3.8) is 0 Å². The second-order valence-electron chi connectivity index (χ2n) is 4.85. The van der Waals surface area contributed by atoms with Gasteiger partial charge >= 0.3 is 0 Å². The Kier molecular flexibility index (Phi) is 6.13. The SMILES string of the molecule is CCC(CC)CN(CC)c1cc(CO)cc(C)n1. The quantitative estimate of drug-likeness (QED) is 0.807. The smallest absolute Gasteiger partial charge is 0.129 e. The van der Waals surface area contributed by atoms with E-state index in [0.717, 1.165) is 30.2 Å². The van der Waals surface area contributed by atoms with Crippen LogP contribution in [0.15, 0.2) is 12.1 Å². The fraction of sp³-hybridized carbons (Fsp3) is 0.667. The van der Waals surface area contributed by atoms with Crippen LogP contribution >= 0.6 is 0 Å². The molecule has 0 fully saturated rings. The summed E-state index contributed by atoms with van der Waals surface area (Å²) in [7, 11) is 0. The van der Waals surface area contributed by atoms with E-state index in [4.69, 9.17) is 0 Å². The number of aliphatic hydroxyl groups excluding tert-OH is 1. The maximum absolute atomic E-state index is 9.27. The highest BCUT2D eigenvalue weighted by Gasteiger charge is 2.12. The number of hydrogen-bond donors (Lipinski definition) is 1. The Morgan fingerprint density at radius 3 is 2.39 bits per heavy atom. The molecule has 3 heteroatoms. The summed E-state index contributed by atoms with van der Waals surface area (Å²) in [6, 6.07) is 3.94. The molecule has 1 aromatic rings. The van der Waals surface area contributed by atoms with E-state index in [1.165, 1.54) is 12.8 Å². The van der Waals surface area contributed by atoms with Crippen LogP contribution in [0, 0.1) is 12.8 Å². The molecule has 0 aliphatic heterocycles. The maximum atomic E-state index is 9.27. The van der Waals surface area contributed by atoms with Gasteiger partial charge in [-0.15, -0.1) is 0 Å². The van der Waals surface area contributed by atoms with Gasteiger partial charge in [0.1, 0.15) is 5.82 Å². The van der Waals surface area contributed by atoms with E-state index in [1.807, 2.05) is 19.1 Å². The van der Waals surface area contributed by atoms with Crippen LogP contribution in [0.1, 0.15) is 44.9 Å². The summed E-state index contributed by atoms with van der Waals surface area (Å²) in [4.78, 5) is 6.90. The summed E-state index contributed by atoms with van der Waals surface area (Å²) in [6.45, 7) is 10.7. The lowest BCUT2D eigenvalue weighted by Crippen LogP contribution is -2.30. The highest BCUT2D eigenvalue weighted by molar-refractivity contribution is 5.42. The van der Waals surface area contributed by atoms with Crippen LogP contribution in [-0.2, 0) is 6.61 Å². The summed E-state index contributed by atoms with van der Waals surface area (Å²) in [5.74, 6) is 1.71. The Hall–Kier alpha value is -1.09. The zero-order chi connectivity index (χ0) is 13.5. The van der Waals surface area contributed by atoms with Gasteiger partial charge in [-0.3, -0.25) is 0 Å². The average molecular weight is 250 g/mol. The van der Waals surface area contributed by atoms with Crippen LogP contribution < -0.4 is 4.90 Å². The van der Waals surface area contributed by atoms with Crippen LogP contribution in [0.2, 0.25) is 0 Å². The highest BCUT2D eigenvalue weighted by Crippen LogP contribution is 2.18. The van der Waals surface area contributed by atoms with Crippen molar-refractivity contribution in [1.82, 2.24) is 4.98 Å². The highest BCUT2D eigenvalue weighted by atomic mass is 16.3. The predicted molar refractivity (Wildman–Crippen MR) is 76.9 cm³/mol. The third kappa shape index (κ3) is 3.98. The number of hydrogen-bond acceptors (Lipinski definition) is 3. The van der Waals surface area contributed by atoms with Crippen molar-refractivity contribution in [2.24, 2.45) is 5.92 Å². The Morgan fingerprint density at radius 1 is 1.22 bits per heavy atom. The van der Waals surface area contributed by atoms with Gasteiger partial charge in [-0.05, 0) is 37.5 Å². The molecule has 0 atom stereocenters. The molecule has 0 bridgehead atoms. The standard InChI is InChI=1S/C15H26N2O/c1-5-13(6-2)10-17(7-3)15-9-14(11-18)8-12(4)16-15/h8-9,13,18H,5-7,10-11H2,1-4H3. The van der Waals surface area contributed by atoms with E-state index in [0.29, 0.717) is 5.92 Å². The number of rotatable bonds is 7. The van der Waals surface area contributed by atoms with Gasteiger partial charge in [-0.1, -0.05) is 26.7 Å². The first-order valence-corrected chi connectivity index (χ1v) is 6.97. The second-order valence-corrected chi connectivity index (χ2v) is 4.85. The van der Waals surface area contributed by atoms with Crippen LogP contribution in [0.5, 0.6) is 0 Å². The lowest BCUT2D eigenvalue weighted by molar-refractivity contribution is 0.281. The van der Waals surface area contributed by atoms with Crippen molar-refractivity contribution in [3.8, 4) is 0 Å². The fourth-order valence-electron chi connectivity index (χ4n) is 2.22. The van der Waals surface area contributed by atoms with Gasteiger partial charge in [-0.2, -0.15) is 0 Å². The van der Waals surface area contributed by atoms with Gasteiger partial charge in [0, 0.05) is 18.8 Å². The minimum atomic E-state index is 0.0822. The van der Waals surface area contributed by atoms with Crippen LogP contribution in [0.4, 0.5) is 5.82 Å². The van der Waals surface area contributed by atoms with E-state index in [9.17, 15) is 5.11 Å². The molecule has 0 unspecified atom stereocenters. The van der Waals surface area contributed by atoms with E-state index in [1.54, 1.807) is 0 Å². The molecule has 0 amide bonds. The molecule has 0 aliphatic carbocycles. The first-order chi connectivity index (χ1) is 8.64. The molecule has 0 saturated carbocycles. The number of nitrogens with zero attached hydrogens (tertiary/aromatic N) is 2. The molecule has 0 spiro atoms. The summed E-state index contributed by atoms with van der Waals surface area (Å²) >= 11 is 0. The third-order valence-electron chi connectivity index (χ3n) is 3.52. The molecular formula is C15H26N2O. The average Bonchev–Trinajstić information content (AvgIpc) is 2.39. The molecule has 0 aromatic carbocycles. The van der Waals surface area contributed by atoms with Crippen molar-refractivity contribution in [1.29, 1.82) is 0 Å². The number of aryl methyl sites for hydroxylation is 1. The molecule has 18 heavy (non-hydrogen) atoms. The monoisotopic (exact) mass is 250 g/mol. The molecule has 1 aromatic heterocycles. The molecule has 1 heterocycles. The topological polar surface area (TPSA) is 36.4 Å². The zero-order valence-electron chi connectivity index (χ0n) is 12.1. The minimum Gasteiger partial charge on any atom is -0.392 e. The van der Waals surface area contributed by atoms with Crippen LogP contribution in [-0.4, -0.2) is 23.2 Å². The Labute approximate surface area is 111 Å². The Bertz CT molecular complexity index is 362. The van der Waals surface area contributed by atoms with Crippen LogP contribution in [0.25, 0.3) is 0 Å². The summed E-state index contributed by atoms with van der Waals surface area (Å²) in [5.41, 5.74) is 1.92. The predicted octanol–water partition coefficient (Wildman–Crippen LogP) is 3.14. The first kappa shape index (κ1) is 15.0. The Balaban J connectivity index is 2.90. The van der Waals surface area contributed by atoms with E-state index < -0.39 is 0 Å². The number of aromatic nitrogens is 1. The van der Waals surface area contributed by atoms with Crippen molar-refractivity contribution in [2.45, 2.75) is 47.1 Å². The number of anilines is 1. The normalized spacial score (nSPS) is 11.0. The van der Waals surface area contributed by atoms with Gasteiger partial charge in [0.15, 0.2) is 0 Å². The van der Waals surface area contributed by atoms with Gasteiger partial charge in [0.25, 0.3) is 0 Å². The van der Waals surface area contributed by atoms with Crippen LogP contribution in [0.3, 0.4) is 0 Å². The lowest BCUT2D eigenvalue weighted by atomic mass is 10.0. The Morgan fingerprint density at radius 2 is 1.89 bits per heavy atom. The summed E-state index contributed by atoms with van der Waals surface area (Å²) in [6.07, 6.45) is 2.40. The fourth-order valence-corrected chi connectivity index (χ4v) is 2.22. The van der Waals surface area contributed by atoms with Crippen molar-refractivity contribution < 1.29 is 5.11 Å². The van der Waals surface area contributed by atoms with Gasteiger partial charge in [-0.25, -0.2) is 4.98 Å². The minimum absolute atomic E-state index is 0.0822. The molecule has 1 rings (SSSR count). The number of pyridine rings is 1. The van der Waals surface area contributed by atoms with Crippen molar-refractivity contribution in [2.75, 3.05) is 18.0 Å². The van der Waals surface area contributed by atoms with E-state index in [-0.39, 0.29) is 6.61 Å². The lowest BCUT2D eigenvalue weighted by Gasteiger charge is -2.27. The molecule has 0 saturated heterocycles. The van der Waals surface area contributed by atoms with Gasteiger partial charge in [0.2, 0.25) is 0 Å². The molecule has 0 radical (unpaired) electrons. The van der Waals surface area contributed by atoms with E-state index in [2.05, 4.69) is 30.7 Å². The molecular weight excluding hydrogens is 224 g/mol. The van der Waals surface area contributed by atoms with E-state index >= 15 is 0 Å².